The Bertz CT molecular complexity index is 60.5. The van der Waals surface area contributed by atoms with E-state index in [2.05, 4.69) is 0 Å². The van der Waals surface area contributed by atoms with E-state index < -0.39 is 7.05 Å². The molecule has 1 atom stereocenters. The summed E-state index contributed by atoms with van der Waals surface area (Å²) in [6.45, 7) is 0.468. The standard InChI is InChI=1S/C3H12BN3O/c5-2-1-3(6)4(7)8/h3,8H,1-2,5-7H2. The highest BCUT2D eigenvalue weighted by Crippen LogP contribution is 1.82. The van der Waals surface area contributed by atoms with Crippen LogP contribution in [-0.4, -0.2) is 24.6 Å². The molecule has 4 nitrogen and oxygen atoms in total. The molecule has 7 N–H and O–H groups in total. The molecule has 48 valence electrons. The van der Waals surface area contributed by atoms with Gasteiger partial charge in [-0.1, -0.05) is 0 Å². The second kappa shape index (κ2) is 3.85. The van der Waals surface area contributed by atoms with Gasteiger partial charge in [-0.25, -0.2) is 0 Å². The van der Waals surface area contributed by atoms with Crippen LogP contribution in [0.2, 0.25) is 0 Å². The highest BCUT2D eigenvalue weighted by atomic mass is 16.2. The van der Waals surface area contributed by atoms with Gasteiger partial charge in [0.25, 0.3) is 0 Å². The van der Waals surface area contributed by atoms with Crippen LogP contribution in [0.1, 0.15) is 6.42 Å². The fourth-order valence-corrected chi connectivity index (χ4v) is 0.363. The van der Waals surface area contributed by atoms with Crippen molar-refractivity contribution in [3.8, 4) is 0 Å². The SMILES string of the molecule is NCCC(N)B(N)O. The van der Waals surface area contributed by atoms with E-state index >= 15 is 0 Å². The second-order valence-corrected chi connectivity index (χ2v) is 1.73. The first-order valence-corrected chi connectivity index (χ1v) is 2.57. The van der Waals surface area contributed by atoms with Crippen molar-refractivity contribution in [3.63, 3.8) is 0 Å². The minimum absolute atomic E-state index is 0.375. The Morgan fingerprint density at radius 3 is 2.25 bits per heavy atom. The summed E-state index contributed by atoms with van der Waals surface area (Å²) >= 11 is 0. The Balaban J connectivity index is 3.17. The second-order valence-electron chi connectivity index (χ2n) is 1.73. The zero-order valence-electron chi connectivity index (χ0n) is 4.75. The number of hydrogen-bond donors (Lipinski definition) is 4. The normalized spacial score (nSPS) is 13.5. The summed E-state index contributed by atoms with van der Waals surface area (Å²) in [6, 6.07) is 0. The van der Waals surface area contributed by atoms with Gasteiger partial charge in [0.05, 0.1) is 0 Å². The average Bonchev–Trinajstić information content (AvgIpc) is 1.67. The molecule has 0 heterocycles. The summed E-state index contributed by atoms with van der Waals surface area (Å²) in [7, 11) is -0.932. The highest BCUT2D eigenvalue weighted by Gasteiger charge is 2.13. The Hall–Kier alpha value is -0.0951. The quantitative estimate of drug-likeness (QED) is 0.311. The van der Waals surface area contributed by atoms with E-state index in [4.69, 9.17) is 22.1 Å². The van der Waals surface area contributed by atoms with E-state index in [0.29, 0.717) is 13.0 Å². The molecule has 0 saturated heterocycles. The van der Waals surface area contributed by atoms with Crippen LogP contribution in [0.5, 0.6) is 0 Å². The molecule has 0 aromatic heterocycles. The van der Waals surface area contributed by atoms with E-state index in [1.165, 1.54) is 0 Å². The molecule has 0 aromatic carbocycles. The third kappa shape index (κ3) is 2.98. The molecule has 0 rings (SSSR count). The first kappa shape index (κ1) is 7.90. The fraction of sp³-hybridized carbons (Fsp3) is 1.00. The van der Waals surface area contributed by atoms with Gasteiger partial charge in [0.2, 0.25) is 0 Å². The van der Waals surface area contributed by atoms with Gasteiger partial charge in [0.1, 0.15) is 0 Å². The van der Waals surface area contributed by atoms with Crippen LogP contribution in [0.3, 0.4) is 0 Å². The monoisotopic (exact) mass is 117 g/mol. The van der Waals surface area contributed by atoms with Crippen molar-refractivity contribution in [3.05, 3.63) is 0 Å². The lowest BCUT2D eigenvalue weighted by Gasteiger charge is -2.07. The van der Waals surface area contributed by atoms with Gasteiger partial charge < -0.3 is 22.1 Å². The topological polar surface area (TPSA) is 98.3 Å². The lowest BCUT2D eigenvalue weighted by Crippen LogP contribution is -2.47. The van der Waals surface area contributed by atoms with Crippen molar-refractivity contribution in [1.82, 2.24) is 0 Å². The van der Waals surface area contributed by atoms with Crippen LogP contribution in [-0.2, 0) is 0 Å². The largest absolute Gasteiger partial charge is 0.436 e. The molecule has 0 amide bonds. The molecular weight excluding hydrogens is 105 g/mol. The van der Waals surface area contributed by atoms with Crippen LogP contribution in [0, 0.1) is 0 Å². The Morgan fingerprint density at radius 1 is 1.62 bits per heavy atom. The third-order valence-electron chi connectivity index (χ3n) is 0.939. The van der Waals surface area contributed by atoms with Crippen LogP contribution in [0.25, 0.3) is 0 Å². The van der Waals surface area contributed by atoms with Crippen molar-refractivity contribution in [1.29, 1.82) is 0 Å². The van der Waals surface area contributed by atoms with E-state index in [1.54, 1.807) is 0 Å². The molecule has 0 saturated carbocycles. The maximum Gasteiger partial charge on any atom is 0.392 e. The third-order valence-corrected chi connectivity index (χ3v) is 0.939. The lowest BCUT2D eigenvalue weighted by molar-refractivity contribution is 0.538. The smallest absolute Gasteiger partial charge is 0.392 e. The lowest BCUT2D eigenvalue weighted by atomic mass is 9.74. The number of hydrogen-bond acceptors (Lipinski definition) is 4. The van der Waals surface area contributed by atoms with E-state index in [9.17, 15) is 0 Å². The van der Waals surface area contributed by atoms with Crippen molar-refractivity contribution < 1.29 is 5.02 Å². The summed E-state index contributed by atoms with van der Waals surface area (Å²) in [5.41, 5.74) is 15.4. The predicted molar refractivity (Wildman–Crippen MR) is 33.8 cm³/mol. The van der Waals surface area contributed by atoms with Gasteiger partial charge in [-0.3, -0.25) is 0 Å². The first-order chi connectivity index (χ1) is 3.68. The van der Waals surface area contributed by atoms with Gasteiger partial charge in [0.15, 0.2) is 0 Å². The van der Waals surface area contributed by atoms with Gasteiger partial charge in [0, 0.05) is 5.94 Å². The van der Waals surface area contributed by atoms with Gasteiger partial charge in [-0.15, -0.1) is 0 Å². The average molecular weight is 117 g/mol. The zero-order valence-corrected chi connectivity index (χ0v) is 4.75. The van der Waals surface area contributed by atoms with Gasteiger partial charge in [-0.2, -0.15) is 0 Å². The van der Waals surface area contributed by atoms with E-state index in [0.717, 1.165) is 0 Å². The molecule has 0 aliphatic rings. The van der Waals surface area contributed by atoms with Gasteiger partial charge in [-0.05, 0) is 13.0 Å². The maximum absolute atomic E-state index is 8.55. The molecule has 1 unspecified atom stereocenters. The minimum atomic E-state index is -0.932. The van der Waals surface area contributed by atoms with Crippen LogP contribution in [0.4, 0.5) is 0 Å². The van der Waals surface area contributed by atoms with E-state index in [1.807, 2.05) is 0 Å². The van der Waals surface area contributed by atoms with Crippen molar-refractivity contribution in [2.75, 3.05) is 6.54 Å². The Morgan fingerprint density at radius 2 is 2.12 bits per heavy atom. The predicted octanol–water partition coefficient (Wildman–Crippen LogP) is -2.36. The summed E-state index contributed by atoms with van der Waals surface area (Å²) in [5, 5.41) is 8.55. The van der Waals surface area contributed by atoms with Crippen molar-refractivity contribution in [2.24, 2.45) is 17.1 Å². The molecule has 0 bridgehead atoms. The Labute approximate surface area is 49.2 Å². The molecular formula is C3H12BN3O. The van der Waals surface area contributed by atoms with Gasteiger partial charge >= 0.3 is 7.05 Å². The number of nitrogens with two attached hydrogens (primary N) is 3. The molecule has 5 heteroatoms. The van der Waals surface area contributed by atoms with Crippen LogP contribution >= 0.6 is 0 Å². The summed E-state index contributed by atoms with van der Waals surface area (Å²) in [4.78, 5) is 0. The van der Waals surface area contributed by atoms with Crippen LogP contribution in [0.15, 0.2) is 0 Å². The minimum Gasteiger partial charge on any atom is -0.436 e. The molecule has 0 aromatic rings. The highest BCUT2D eigenvalue weighted by molar-refractivity contribution is 6.48. The van der Waals surface area contributed by atoms with Crippen molar-refractivity contribution >= 4 is 7.05 Å². The molecule has 0 spiro atoms. The van der Waals surface area contributed by atoms with E-state index in [-0.39, 0.29) is 5.94 Å². The number of rotatable bonds is 3. The summed E-state index contributed by atoms with van der Waals surface area (Å²) < 4.78 is 0. The molecule has 0 fully saturated rings. The Kier molecular flexibility index (Phi) is 3.81. The first-order valence-electron chi connectivity index (χ1n) is 2.57. The molecule has 0 radical (unpaired) electrons. The van der Waals surface area contributed by atoms with Crippen molar-refractivity contribution in [2.45, 2.75) is 12.4 Å². The van der Waals surface area contributed by atoms with Crippen LogP contribution < -0.4 is 17.1 Å². The summed E-state index contributed by atoms with van der Waals surface area (Å²) in [6.07, 6.45) is 0.567. The maximum atomic E-state index is 8.55. The molecule has 0 aliphatic heterocycles. The summed E-state index contributed by atoms with van der Waals surface area (Å²) in [5.74, 6) is -0.375. The molecule has 0 aliphatic carbocycles. The fourth-order valence-electron chi connectivity index (χ4n) is 0.363. The zero-order chi connectivity index (χ0) is 6.57. The molecule has 8 heavy (non-hydrogen) atoms.